The van der Waals surface area contributed by atoms with E-state index in [0.29, 0.717) is 12.6 Å². The van der Waals surface area contributed by atoms with Crippen molar-refractivity contribution in [3.05, 3.63) is 34.1 Å². The fraction of sp³-hybridized carbons (Fsp3) is 0.538. The van der Waals surface area contributed by atoms with Crippen LogP contribution in [0.5, 0.6) is 0 Å². The normalized spacial score (nSPS) is 17.5. The summed E-state index contributed by atoms with van der Waals surface area (Å²) in [5.41, 5.74) is 6.79. The van der Waals surface area contributed by atoms with E-state index in [1.807, 2.05) is 0 Å². The Morgan fingerprint density at radius 1 is 1.53 bits per heavy atom. The third kappa shape index (κ3) is 3.27. The molecular formula is C13H18BrFN2. The first-order valence-electron chi connectivity index (χ1n) is 5.96. The molecule has 1 unspecified atom stereocenters. The lowest BCUT2D eigenvalue weighted by Gasteiger charge is -2.27. The van der Waals surface area contributed by atoms with E-state index < -0.39 is 0 Å². The van der Waals surface area contributed by atoms with Crippen LogP contribution in [0.15, 0.2) is 22.7 Å². The van der Waals surface area contributed by atoms with Gasteiger partial charge < -0.3 is 5.73 Å². The molecule has 0 saturated heterocycles. The van der Waals surface area contributed by atoms with Crippen LogP contribution in [-0.2, 0) is 6.54 Å². The molecule has 1 atom stereocenters. The smallest absolute Gasteiger partial charge is 0.123 e. The Morgan fingerprint density at radius 3 is 2.82 bits per heavy atom. The Labute approximate surface area is 110 Å². The quantitative estimate of drug-likeness (QED) is 0.906. The van der Waals surface area contributed by atoms with E-state index in [4.69, 9.17) is 5.73 Å². The number of hydrogen-bond donors (Lipinski definition) is 1. The van der Waals surface area contributed by atoms with Gasteiger partial charge in [-0.05, 0) is 49.6 Å². The number of benzene rings is 1. The second-order valence-corrected chi connectivity index (χ2v) is 5.65. The van der Waals surface area contributed by atoms with Crippen LogP contribution in [0.4, 0.5) is 4.39 Å². The van der Waals surface area contributed by atoms with E-state index in [9.17, 15) is 4.39 Å². The summed E-state index contributed by atoms with van der Waals surface area (Å²) in [6, 6.07) is 5.23. The first-order valence-corrected chi connectivity index (χ1v) is 6.75. The van der Waals surface area contributed by atoms with Crippen LogP contribution in [0.3, 0.4) is 0 Å². The van der Waals surface area contributed by atoms with Gasteiger partial charge in [-0.3, -0.25) is 4.90 Å². The second kappa shape index (κ2) is 5.46. The number of nitrogens with zero attached hydrogens (tertiary/aromatic N) is 1. The summed E-state index contributed by atoms with van der Waals surface area (Å²) in [4.78, 5) is 2.23. The maximum Gasteiger partial charge on any atom is 0.123 e. The lowest BCUT2D eigenvalue weighted by Crippen LogP contribution is -2.39. The highest BCUT2D eigenvalue weighted by atomic mass is 79.9. The summed E-state index contributed by atoms with van der Waals surface area (Å²) in [5.74, 6) is 0.546. The van der Waals surface area contributed by atoms with Crippen LogP contribution in [0, 0.1) is 11.7 Å². The predicted molar refractivity (Wildman–Crippen MR) is 71.1 cm³/mol. The Hall–Kier alpha value is -0.450. The minimum absolute atomic E-state index is 0.188. The van der Waals surface area contributed by atoms with Crippen molar-refractivity contribution in [2.24, 2.45) is 11.7 Å². The van der Waals surface area contributed by atoms with Crippen molar-refractivity contribution in [1.82, 2.24) is 4.90 Å². The van der Waals surface area contributed by atoms with Gasteiger partial charge in [0.05, 0.1) is 0 Å². The van der Waals surface area contributed by atoms with Gasteiger partial charge in [0.1, 0.15) is 5.82 Å². The molecule has 0 bridgehead atoms. The van der Waals surface area contributed by atoms with Gasteiger partial charge in [-0.15, -0.1) is 0 Å². The molecule has 1 fully saturated rings. The van der Waals surface area contributed by atoms with Crippen LogP contribution in [0.2, 0.25) is 0 Å². The molecule has 2 nitrogen and oxygen atoms in total. The van der Waals surface area contributed by atoms with Gasteiger partial charge in [0, 0.05) is 23.6 Å². The fourth-order valence-electron chi connectivity index (χ4n) is 2.26. The summed E-state index contributed by atoms with van der Waals surface area (Å²) in [5, 5.41) is 0. The molecule has 94 valence electrons. The minimum Gasteiger partial charge on any atom is -0.329 e. The molecule has 1 aliphatic rings. The van der Waals surface area contributed by atoms with Gasteiger partial charge in [-0.2, -0.15) is 0 Å². The molecular weight excluding hydrogens is 283 g/mol. The molecule has 2 N–H and O–H groups in total. The highest BCUT2D eigenvalue weighted by molar-refractivity contribution is 9.10. The van der Waals surface area contributed by atoms with Crippen LogP contribution < -0.4 is 5.73 Å². The molecule has 17 heavy (non-hydrogen) atoms. The summed E-state index contributed by atoms with van der Waals surface area (Å²) in [6.45, 7) is 1.41. The van der Waals surface area contributed by atoms with Crippen molar-refractivity contribution < 1.29 is 4.39 Å². The van der Waals surface area contributed by atoms with E-state index in [1.54, 1.807) is 12.1 Å². The Bertz CT molecular complexity index is 393. The first-order chi connectivity index (χ1) is 8.11. The summed E-state index contributed by atoms with van der Waals surface area (Å²) < 4.78 is 14.1. The topological polar surface area (TPSA) is 29.3 Å². The lowest BCUT2D eigenvalue weighted by atomic mass is 10.1. The molecule has 1 aromatic carbocycles. The highest BCUT2D eigenvalue weighted by Gasteiger charge is 2.32. The van der Waals surface area contributed by atoms with Gasteiger partial charge in [0.25, 0.3) is 0 Å². The van der Waals surface area contributed by atoms with Gasteiger partial charge in [-0.1, -0.05) is 15.9 Å². The van der Waals surface area contributed by atoms with Gasteiger partial charge in [-0.25, -0.2) is 4.39 Å². The van der Waals surface area contributed by atoms with Crippen molar-refractivity contribution in [2.45, 2.75) is 25.4 Å². The average molecular weight is 301 g/mol. The Morgan fingerprint density at radius 2 is 2.24 bits per heavy atom. The minimum atomic E-state index is -0.188. The summed E-state index contributed by atoms with van der Waals surface area (Å²) in [6.07, 6.45) is 2.55. The molecule has 0 aliphatic heterocycles. The molecule has 1 aliphatic carbocycles. The second-order valence-electron chi connectivity index (χ2n) is 4.79. The van der Waals surface area contributed by atoms with Gasteiger partial charge in [0.2, 0.25) is 0 Å². The average Bonchev–Trinajstić information content (AvgIpc) is 3.09. The maximum absolute atomic E-state index is 13.2. The first kappa shape index (κ1) is 13.0. The molecule has 0 spiro atoms. The van der Waals surface area contributed by atoms with E-state index in [-0.39, 0.29) is 5.82 Å². The van der Waals surface area contributed by atoms with E-state index in [2.05, 4.69) is 27.9 Å². The summed E-state index contributed by atoms with van der Waals surface area (Å²) in [7, 11) is 2.06. The number of likely N-dealkylation sites (N-methyl/N-ethyl adjacent to an activating group) is 1. The maximum atomic E-state index is 13.2. The number of hydrogen-bond acceptors (Lipinski definition) is 2. The molecule has 1 aromatic rings. The SMILES string of the molecule is CN(Cc1cc(F)ccc1Br)C(CN)C1CC1. The van der Waals surface area contributed by atoms with Crippen LogP contribution in [0.1, 0.15) is 18.4 Å². The van der Waals surface area contributed by atoms with Crippen molar-refractivity contribution >= 4 is 15.9 Å². The predicted octanol–water partition coefficient (Wildman–Crippen LogP) is 2.76. The van der Waals surface area contributed by atoms with E-state index >= 15 is 0 Å². The lowest BCUT2D eigenvalue weighted by molar-refractivity contribution is 0.215. The zero-order chi connectivity index (χ0) is 12.4. The monoisotopic (exact) mass is 300 g/mol. The molecule has 0 amide bonds. The largest absolute Gasteiger partial charge is 0.329 e. The van der Waals surface area contributed by atoms with Gasteiger partial charge >= 0.3 is 0 Å². The van der Waals surface area contributed by atoms with Crippen LogP contribution >= 0.6 is 15.9 Å². The van der Waals surface area contributed by atoms with Crippen LogP contribution in [-0.4, -0.2) is 24.5 Å². The fourth-order valence-corrected chi connectivity index (χ4v) is 2.64. The number of nitrogens with two attached hydrogens (primary N) is 1. The third-order valence-electron chi connectivity index (χ3n) is 3.40. The van der Waals surface area contributed by atoms with Crippen molar-refractivity contribution in [3.63, 3.8) is 0 Å². The highest BCUT2D eigenvalue weighted by Crippen LogP contribution is 2.35. The number of rotatable bonds is 5. The van der Waals surface area contributed by atoms with Gasteiger partial charge in [0.15, 0.2) is 0 Å². The standard InChI is InChI=1S/C13H18BrFN2/c1-17(13(7-16)9-2-3-9)8-10-6-11(15)4-5-12(10)14/h4-6,9,13H,2-3,7-8,16H2,1H3. The molecule has 0 radical (unpaired) electrons. The van der Waals surface area contributed by atoms with Crippen molar-refractivity contribution in [2.75, 3.05) is 13.6 Å². The number of halogens is 2. The molecule has 4 heteroatoms. The Kier molecular flexibility index (Phi) is 4.17. The molecule has 0 aromatic heterocycles. The van der Waals surface area contributed by atoms with Crippen molar-refractivity contribution in [1.29, 1.82) is 0 Å². The third-order valence-corrected chi connectivity index (χ3v) is 4.17. The summed E-state index contributed by atoms with van der Waals surface area (Å²) >= 11 is 3.46. The molecule has 2 rings (SSSR count). The molecule has 1 saturated carbocycles. The molecule has 0 heterocycles. The van der Waals surface area contributed by atoms with Crippen molar-refractivity contribution in [3.8, 4) is 0 Å². The zero-order valence-corrected chi connectivity index (χ0v) is 11.6. The van der Waals surface area contributed by atoms with E-state index in [0.717, 1.165) is 22.5 Å². The van der Waals surface area contributed by atoms with Crippen LogP contribution in [0.25, 0.3) is 0 Å². The zero-order valence-electron chi connectivity index (χ0n) is 10.00. The Balaban J connectivity index is 2.05. The van der Waals surface area contributed by atoms with E-state index in [1.165, 1.54) is 18.9 Å².